The van der Waals surface area contributed by atoms with Crippen molar-refractivity contribution < 1.29 is 14.4 Å². The fraction of sp³-hybridized carbons (Fsp3) is 0.280. The number of pyridine rings is 1. The molecule has 0 spiro atoms. The first-order valence-corrected chi connectivity index (χ1v) is 10.7. The molecule has 2 N–H and O–H groups in total. The van der Waals surface area contributed by atoms with E-state index in [-0.39, 0.29) is 28.8 Å². The minimum Gasteiger partial charge on any atom is -0.425 e. The van der Waals surface area contributed by atoms with Gasteiger partial charge in [-0.15, -0.1) is 0 Å². The van der Waals surface area contributed by atoms with Gasteiger partial charge in [-0.3, -0.25) is 9.59 Å². The number of carbonyl (C=O) groups is 1. The minimum absolute atomic E-state index is 0.242. The van der Waals surface area contributed by atoms with Crippen molar-refractivity contribution in [1.82, 2.24) is 9.63 Å². The molecule has 0 unspecified atom stereocenters. The summed E-state index contributed by atoms with van der Waals surface area (Å²) >= 11 is 0. The van der Waals surface area contributed by atoms with Gasteiger partial charge in [0.25, 0.3) is 11.5 Å². The first-order chi connectivity index (χ1) is 15.3. The van der Waals surface area contributed by atoms with Crippen molar-refractivity contribution in [3.05, 3.63) is 93.2 Å². The molecule has 1 saturated heterocycles. The largest absolute Gasteiger partial charge is 0.425 e. The van der Waals surface area contributed by atoms with Gasteiger partial charge in [-0.25, -0.2) is 4.39 Å². The predicted octanol–water partition coefficient (Wildman–Crippen LogP) is 4.60. The molecule has 1 aromatic heterocycles. The maximum Gasteiger partial charge on any atom is 0.287 e. The number of rotatable bonds is 4. The zero-order chi connectivity index (χ0) is 22.8. The third-order valence-electron chi connectivity index (χ3n) is 6.07. The van der Waals surface area contributed by atoms with Crippen molar-refractivity contribution in [2.45, 2.75) is 32.6 Å². The molecule has 2 aromatic carbocycles. The van der Waals surface area contributed by atoms with Gasteiger partial charge in [0, 0.05) is 24.3 Å². The molecular formula is C25H26FN3O3. The molecule has 1 aliphatic heterocycles. The van der Waals surface area contributed by atoms with E-state index in [1.165, 1.54) is 18.3 Å². The summed E-state index contributed by atoms with van der Waals surface area (Å²) in [5, 5.41) is 13.3. The maximum atomic E-state index is 13.4. The molecule has 0 saturated carbocycles. The van der Waals surface area contributed by atoms with E-state index in [1.807, 2.05) is 31.2 Å². The summed E-state index contributed by atoms with van der Waals surface area (Å²) in [6, 6.07) is 14.2. The van der Waals surface area contributed by atoms with Crippen LogP contribution in [0.25, 0.3) is 0 Å². The zero-order valence-electron chi connectivity index (χ0n) is 18.1. The molecule has 32 heavy (non-hydrogen) atoms. The lowest BCUT2D eigenvalue weighted by atomic mass is 9.89. The Labute approximate surface area is 185 Å². The van der Waals surface area contributed by atoms with Crippen LogP contribution in [-0.4, -0.2) is 33.8 Å². The molecule has 3 aromatic rings. The lowest BCUT2D eigenvalue weighted by molar-refractivity contribution is 0.0708. The number of hydrogen-bond acceptors (Lipinski definition) is 4. The van der Waals surface area contributed by atoms with Crippen LogP contribution in [0, 0.1) is 19.7 Å². The van der Waals surface area contributed by atoms with Crippen molar-refractivity contribution in [2.75, 3.05) is 18.4 Å². The number of nitrogens with one attached hydrogen (secondary N) is 1. The second-order valence-corrected chi connectivity index (χ2v) is 8.31. The van der Waals surface area contributed by atoms with E-state index in [9.17, 15) is 19.2 Å². The SMILES string of the molecule is Cc1cccc(Nc2c(C(=O)N3CCC(c4ccc(F)cc4)CC3)cn(O)c(=O)c2C)c1. The van der Waals surface area contributed by atoms with Crippen LogP contribution in [0.5, 0.6) is 0 Å². The summed E-state index contributed by atoms with van der Waals surface area (Å²) in [6.07, 6.45) is 2.70. The monoisotopic (exact) mass is 435 g/mol. The van der Waals surface area contributed by atoms with E-state index in [2.05, 4.69) is 5.32 Å². The van der Waals surface area contributed by atoms with Crippen LogP contribution >= 0.6 is 0 Å². The van der Waals surface area contributed by atoms with Gasteiger partial charge in [0.1, 0.15) is 5.82 Å². The molecule has 1 fully saturated rings. The molecule has 6 nitrogen and oxygen atoms in total. The zero-order valence-corrected chi connectivity index (χ0v) is 18.1. The molecule has 0 aliphatic carbocycles. The van der Waals surface area contributed by atoms with Gasteiger partial charge in [-0.2, -0.15) is 4.73 Å². The Morgan fingerprint density at radius 2 is 1.78 bits per heavy atom. The van der Waals surface area contributed by atoms with Crippen molar-refractivity contribution in [3.63, 3.8) is 0 Å². The van der Waals surface area contributed by atoms with Crippen molar-refractivity contribution in [3.8, 4) is 0 Å². The number of halogens is 1. The first kappa shape index (κ1) is 21.6. The summed E-state index contributed by atoms with van der Waals surface area (Å²) in [5.41, 5.74) is 3.20. The summed E-state index contributed by atoms with van der Waals surface area (Å²) in [4.78, 5) is 27.5. The Kier molecular flexibility index (Phi) is 5.99. The number of likely N-dealkylation sites (tertiary alicyclic amines) is 1. The van der Waals surface area contributed by atoms with Gasteiger partial charge in [-0.05, 0) is 68.0 Å². The number of aromatic nitrogens is 1. The molecule has 7 heteroatoms. The fourth-order valence-electron chi connectivity index (χ4n) is 4.24. The van der Waals surface area contributed by atoms with Crippen LogP contribution < -0.4 is 10.9 Å². The average Bonchev–Trinajstić information content (AvgIpc) is 2.79. The number of amides is 1. The lowest BCUT2D eigenvalue weighted by Crippen LogP contribution is -2.39. The van der Waals surface area contributed by atoms with Gasteiger partial charge < -0.3 is 15.4 Å². The molecule has 0 radical (unpaired) electrons. The average molecular weight is 435 g/mol. The highest BCUT2D eigenvalue weighted by Gasteiger charge is 2.28. The van der Waals surface area contributed by atoms with Crippen LogP contribution in [0.15, 0.2) is 59.5 Å². The summed E-state index contributed by atoms with van der Waals surface area (Å²) < 4.78 is 13.7. The Morgan fingerprint density at radius 1 is 1.09 bits per heavy atom. The van der Waals surface area contributed by atoms with Crippen LogP contribution in [0.3, 0.4) is 0 Å². The third-order valence-corrected chi connectivity index (χ3v) is 6.07. The smallest absolute Gasteiger partial charge is 0.287 e. The fourth-order valence-corrected chi connectivity index (χ4v) is 4.24. The van der Waals surface area contributed by atoms with E-state index in [1.54, 1.807) is 24.0 Å². The standard InChI is InChI=1S/C25H26FN3O3/c1-16-4-3-5-21(14-16)27-23-17(2)24(30)29(32)15-22(23)25(31)28-12-10-19(11-13-28)18-6-8-20(26)9-7-18/h3-9,14-15,19,27,32H,10-13H2,1-2H3. The highest BCUT2D eigenvalue weighted by Crippen LogP contribution is 2.30. The molecule has 0 bridgehead atoms. The second kappa shape index (κ2) is 8.86. The van der Waals surface area contributed by atoms with Crippen LogP contribution in [0.4, 0.5) is 15.8 Å². The van der Waals surface area contributed by atoms with Crippen molar-refractivity contribution in [2.24, 2.45) is 0 Å². The van der Waals surface area contributed by atoms with Crippen LogP contribution in [-0.2, 0) is 0 Å². The highest BCUT2D eigenvalue weighted by molar-refractivity contribution is 6.00. The Morgan fingerprint density at radius 3 is 2.44 bits per heavy atom. The molecule has 4 rings (SSSR count). The highest BCUT2D eigenvalue weighted by atomic mass is 19.1. The van der Waals surface area contributed by atoms with E-state index in [0.717, 1.165) is 29.7 Å². The lowest BCUT2D eigenvalue weighted by Gasteiger charge is -2.33. The Hall–Kier alpha value is -3.61. The quantitative estimate of drug-likeness (QED) is 0.587. The maximum absolute atomic E-state index is 13.4. The Bertz CT molecular complexity index is 1200. The molecule has 2 heterocycles. The number of aryl methyl sites for hydroxylation is 1. The molecule has 1 aliphatic rings. The van der Waals surface area contributed by atoms with E-state index >= 15 is 0 Å². The number of nitrogens with zero attached hydrogens (tertiary/aromatic N) is 2. The summed E-state index contributed by atoms with van der Waals surface area (Å²) in [6.45, 7) is 4.62. The summed E-state index contributed by atoms with van der Waals surface area (Å²) in [7, 11) is 0. The van der Waals surface area contributed by atoms with Gasteiger partial charge in [0.2, 0.25) is 0 Å². The molecule has 1 amide bonds. The van der Waals surface area contributed by atoms with Gasteiger partial charge in [0.15, 0.2) is 0 Å². The Balaban J connectivity index is 1.58. The van der Waals surface area contributed by atoms with Gasteiger partial charge >= 0.3 is 0 Å². The van der Waals surface area contributed by atoms with E-state index < -0.39 is 5.56 Å². The molecule has 0 atom stereocenters. The predicted molar refractivity (Wildman–Crippen MR) is 121 cm³/mol. The minimum atomic E-state index is -0.577. The number of piperidine rings is 1. The number of anilines is 2. The molecule has 166 valence electrons. The number of hydrogen-bond donors (Lipinski definition) is 2. The second-order valence-electron chi connectivity index (χ2n) is 8.31. The third kappa shape index (κ3) is 4.37. The number of benzene rings is 2. The van der Waals surface area contributed by atoms with Crippen LogP contribution in [0.1, 0.15) is 45.8 Å². The number of carbonyl (C=O) groups excluding carboxylic acids is 1. The van der Waals surface area contributed by atoms with Gasteiger partial charge in [-0.1, -0.05) is 24.3 Å². The van der Waals surface area contributed by atoms with E-state index in [0.29, 0.717) is 23.5 Å². The summed E-state index contributed by atoms with van der Waals surface area (Å²) in [5.74, 6) is -0.244. The van der Waals surface area contributed by atoms with Gasteiger partial charge in [0.05, 0.1) is 17.4 Å². The molecular weight excluding hydrogens is 409 g/mol. The normalized spacial score (nSPS) is 14.4. The first-order valence-electron chi connectivity index (χ1n) is 10.7. The van der Waals surface area contributed by atoms with Crippen molar-refractivity contribution in [1.29, 1.82) is 0 Å². The van der Waals surface area contributed by atoms with Crippen molar-refractivity contribution >= 4 is 17.3 Å². The topological polar surface area (TPSA) is 74.6 Å². The van der Waals surface area contributed by atoms with E-state index in [4.69, 9.17) is 0 Å². The van der Waals surface area contributed by atoms with Crippen LogP contribution in [0.2, 0.25) is 0 Å².